The number of carbonyl (C=O) groups excluding carboxylic acids is 1. The molecule has 0 amide bonds. The SMILES string of the molecule is C=C(Br)CNC(=NC)N1CCC[C@@H](C(=O)OCC)C1. The monoisotopic (exact) mass is 331 g/mol. The maximum Gasteiger partial charge on any atom is 0.310 e. The van der Waals surface area contributed by atoms with Crippen LogP contribution < -0.4 is 5.32 Å². The number of guanidine groups is 1. The number of hydrogen-bond acceptors (Lipinski definition) is 3. The first-order valence-electron chi connectivity index (χ1n) is 6.54. The molecule has 19 heavy (non-hydrogen) atoms. The van der Waals surface area contributed by atoms with E-state index in [0.717, 1.165) is 29.8 Å². The molecule has 0 unspecified atom stereocenters. The molecule has 1 fully saturated rings. The number of ether oxygens (including phenoxy) is 1. The smallest absolute Gasteiger partial charge is 0.310 e. The lowest BCUT2D eigenvalue weighted by molar-refractivity contribution is -0.149. The minimum absolute atomic E-state index is 0.0561. The van der Waals surface area contributed by atoms with Crippen LogP contribution in [0.15, 0.2) is 16.1 Å². The fraction of sp³-hybridized carbons (Fsp3) is 0.692. The van der Waals surface area contributed by atoms with E-state index in [2.05, 4.69) is 37.7 Å². The molecule has 0 bridgehead atoms. The van der Waals surface area contributed by atoms with Crippen LogP contribution in [-0.2, 0) is 9.53 Å². The lowest BCUT2D eigenvalue weighted by atomic mass is 9.98. The average molecular weight is 332 g/mol. The average Bonchev–Trinajstić information content (AvgIpc) is 2.40. The van der Waals surface area contributed by atoms with Crippen molar-refractivity contribution in [2.45, 2.75) is 19.8 Å². The third-order valence-corrected chi connectivity index (χ3v) is 3.27. The van der Waals surface area contributed by atoms with Gasteiger partial charge in [0.05, 0.1) is 12.5 Å². The van der Waals surface area contributed by atoms with Crippen molar-refractivity contribution in [3.05, 3.63) is 11.1 Å². The summed E-state index contributed by atoms with van der Waals surface area (Å²) in [5, 5.41) is 3.21. The minimum Gasteiger partial charge on any atom is -0.466 e. The third kappa shape index (κ3) is 5.22. The van der Waals surface area contributed by atoms with Gasteiger partial charge in [-0.05, 0) is 19.8 Å². The fourth-order valence-electron chi connectivity index (χ4n) is 2.13. The number of halogens is 1. The van der Waals surface area contributed by atoms with E-state index >= 15 is 0 Å². The second-order valence-electron chi connectivity index (χ2n) is 4.46. The van der Waals surface area contributed by atoms with E-state index in [-0.39, 0.29) is 11.9 Å². The first-order chi connectivity index (χ1) is 9.08. The zero-order valence-electron chi connectivity index (χ0n) is 11.6. The Labute approximate surface area is 123 Å². The van der Waals surface area contributed by atoms with Crippen LogP contribution in [0.5, 0.6) is 0 Å². The highest BCUT2D eigenvalue weighted by molar-refractivity contribution is 9.11. The van der Waals surface area contributed by atoms with Crippen LogP contribution in [0.3, 0.4) is 0 Å². The predicted molar refractivity (Wildman–Crippen MR) is 80.4 cm³/mol. The van der Waals surface area contributed by atoms with Crippen LogP contribution in [0.2, 0.25) is 0 Å². The van der Waals surface area contributed by atoms with E-state index in [1.165, 1.54) is 0 Å². The molecule has 0 aliphatic carbocycles. The summed E-state index contributed by atoms with van der Waals surface area (Å²) < 4.78 is 5.96. The van der Waals surface area contributed by atoms with Gasteiger partial charge in [0.1, 0.15) is 0 Å². The molecule has 0 radical (unpaired) electrons. The van der Waals surface area contributed by atoms with Gasteiger partial charge in [-0.2, -0.15) is 0 Å². The summed E-state index contributed by atoms with van der Waals surface area (Å²) in [7, 11) is 1.74. The molecular weight excluding hydrogens is 310 g/mol. The molecule has 5 nitrogen and oxygen atoms in total. The van der Waals surface area contributed by atoms with Gasteiger partial charge in [0.25, 0.3) is 0 Å². The number of piperidine rings is 1. The van der Waals surface area contributed by atoms with Gasteiger partial charge in [-0.15, -0.1) is 0 Å². The van der Waals surface area contributed by atoms with Crippen LogP contribution in [0, 0.1) is 5.92 Å². The number of hydrogen-bond donors (Lipinski definition) is 1. The maximum absolute atomic E-state index is 11.8. The van der Waals surface area contributed by atoms with Crippen molar-refractivity contribution in [2.75, 3.05) is 33.3 Å². The van der Waals surface area contributed by atoms with Gasteiger partial charge < -0.3 is 15.0 Å². The highest BCUT2D eigenvalue weighted by atomic mass is 79.9. The zero-order valence-corrected chi connectivity index (χ0v) is 13.2. The standard InChI is InChI=1S/C13H22BrN3O2/c1-4-19-12(18)11-6-5-7-17(9-11)13(15-3)16-8-10(2)14/h11H,2,4-9H2,1,3H3,(H,15,16)/t11-/m1/s1. The molecule has 1 aliphatic rings. The Morgan fingerprint density at radius 2 is 2.37 bits per heavy atom. The van der Waals surface area contributed by atoms with Gasteiger partial charge in [-0.1, -0.05) is 22.5 Å². The highest BCUT2D eigenvalue weighted by Gasteiger charge is 2.28. The van der Waals surface area contributed by atoms with Crippen molar-refractivity contribution in [1.82, 2.24) is 10.2 Å². The molecule has 1 atom stereocenters. The number of likely N-dealkylation sites (tertiary alicyclic amines) is 1. The summed E-state index contributed by atoms with van der Waals surface area (Å²) in [5.41, 5.74) is 0. The molecule has 0 aromatic carbocycles. The second kappa shape index (κ2) is 8.19. The molecular formula is C13H22BrN3O2. The molecule has 0 saturated carbocycles. The van der Waals surface area contributed by atoms with E-state index in [9.17, 15) is 4.79 Å². The Balaban J connectivity index is 2.57. The number of carbonyl (C=O) groups is 1. The Kier molecular flexibility index (Phi) is 6.91. The summed E-state index contributed by atoms with van der Waals surface area (Å²) in [6, 6.07) is 0. The molecule has 1 aliphatic heterocycles. The third-order valence-electron chi connectivity index (χ3n) is 2.99. The lowest BCUT2D eigenvalue weighted by Crippen LogP contribution is -2.48. The van der Waals surface area contributed by atoms with Gasteiger partial charge in [0.2, 0.25) is 0 Å². The Morgan fingerprint density at radius 1 is 1.63 bits per heavy atom. The molecule has 6 heteroatoms. The Bertz CT molecular complexity index is 358. The molecule has 108 valence electrons. The molecule has 1 rings (SSSR count). The number of esters is 1. The molecule has 1 heterocycles. The normalized spacial score (nSPS) is 20.1. The van der Waals surface area contributed by atoms with Crippen molar-refractivity contribution >= 4 is 27.9 Å². The van der Waals surface area contributed by atoms with Gasteiger partial charge in [0, 0.05) is 31.2 Å². The predicted octanol–water partition coefficient (Wildman–Crippen LogP) is 1.75. The fourth-order valence-corrected chi connectivity index (χ4v) is 2.27. The maximum atomic E-state index is 11.8. The Morgan fingerprint density at radius 3 is 2.95 bits per heavy atom. The first-order valence-corrected chi connectivity index (χ1v) is 7.33. The highest BCUT2D eigenvalue weighted by Crippen LogP contribution is 2.18. The lowest BCUT2D eigenvalue weighted by Gasteiger charge is -2.33. The van der Waals surface area contributed by atoms with Crippen molar-refractivity contribution < 1.29 is 9.53 Å². The van der Waals surface area contributed by atoms with Crippen molar-refractivity contribution in [2.24, 2.45) is 10.9 Å². The number of nitrogens with zero attached hydrogens (tertiary/aromatic N) is 2. The summed E-state index contributed by atoms with van der Waals surface area (Å²) in [6.45, 7) is 8.24. The Hall–Kier alpha value is -1.04. The zero-order chi connectivity index (χ0) is 14.3. The van der Waals surface area contributed by atoms with Gasteiger partial charge in [-0.25, -0.2) is 0 Å². The van der Waals surface area contributed by atoms with Crippen LogP contribution in [-0.4, -0.2) is 50.1 Å². The largest absolute Gasteiger partial charge is 0.466 e. The van der Waals surface area contributed by atoms with E-state index < -0.39 is 0 Å². The molecule has 1 N–H and O–H groups in total. The first kappa shape index (κ1) is 16.0. The van der Waals surface area contributed by atoms with E-state index in [1.54, 1.807) is 7.05 Å². The summed E-state index contributed by atoms with van der Waals surface area (Å²) in [4.78, 5) is 18.1. The summed E-state index contributed by atoms with van der Waals surface area (Å²) in [6.07, 6.45) is 1.86. The number of rotatable bonds is 4. The van der Waals surface area contributed by atoms with E-state index in [0.29, 0.717) is 19.7 Å². The van der Waals surface area contributed by atoms with E-state index in [1.807, 2.05) is 6.92 Å². The summed E-state index contributed by atoms with van der Waals surface area (Å²) >= 11 is 3.31. The quantitative estimate of drug-likeness (QED) is 0.484. The van der Waals surface area contributed by atoms with E-state index in [4.69, 9.17) is 4.74 Å². The van der Waals surface area contributed by atoms with Crippen LogP contribution >= 0.6 is 15.9 Å². The van der Waals surface area contributed by atoms with Crippen LogP contribution in [0.1, 0.15) is 19.8 Å². The van der Waals surface area contributed by atoms with Gasteiger partial charge in [0.15, 0.2) is 5.96 Å². The second-order valence-corrected chi connectivity index (χ2v) is 5.58. The van der Waals surface area contributed by atoms with Crippen LogP contribution in [0.4, 0.5) is 0 Å². The number of nitrogens with one attached hydrogen (secondary N) is 1. The molecule has 0 aromatic rings. The molecule has 1 saturated heterocycles. The minimum atomic E-state index is -0.104. The van der Waals surface area contributed by atoms with Gasteiger partial charge in [-0.3, -0.25) is 9.79 Å². The van der Waals surface area contributed by atoms with Crippen molar-refractivity contribution in [1.29, 1.82) is 0 Å². The van der Waals surface area contributed by atoms with Crippen molar-refractivity contribution in [3.8, 4) is 0 Å². The van der Waals surface area contributed by atoms with Crippen molar-refractivity contribution in [3.63, 3.8) is 0 Å². The molecule has 0 spiro atoms. The molecule has 0 aromatic heterocycles. The number of aliphatic imine (C=N–C) groups is 1. The van der Waals surface area contributed by atoms with Crippen LogP contribution in [0.25, 0.3) is 0 Å². The van der Waals surface area contributed by atoms with Gasteiger partial charge >= 0.3 is 5.97 Å². The summed E-state index contributed by atoms with van der Waals surface area (Å²) in [5.74, 6) is 0.640. The topological polar surface area (TPSA) is 53.9 Å².